The van der Waals surface area contributed by atoms with Crippen molar-refractivity contribution < 1.29 is 28.9 Å². The van der Waals surface area contributed by atoms with Crippen LogP contribution < -0.4 is 9.47 Å². The van der Waals surface area contributed by atoms with Gasteiger partial charge in [-0.3, -0.25) is 4.79 Å². The van der Waals surface area contributed by atoms with Gasteiger partial charge in [0.15, 0.2) is 17.2 Å². The van der Waals surface area contributed by atoms with Crippen molar-refractivity contribution in [3.63, 3.8) is 0 Å². The van der Waals surface area contributed by atoms with Gasteiger partial charge in [0, 0.05) is 6.07 Å². The summed E-state index contributed by atoms with van der Waals surface area (Å²) in [6.07, 6.45) is -0.119. The van der Waals surface area contributed by atoms with E-state index in [1.54, 1.807) is 18.2 Å². The Kier molecular flexibility index (Phi) is 6.21. The van der Waals surface area contributed by atoms with Crippen molar-refractivity contribution in [2.45, 2.75) is 6.42 Å². The smallest absolute Gasteiger partial charge is 0.307 e. The third kappa shape index (κ3) is 5.02. The Morgan fingerprint density at radius 2 is 1.54 bits per heavy atom. The van der Waals surface area contributed by atoms with E-state index < -0.39 is 11.8 Å². The Hall–Kier alpha value is -2.58. The van der Waals surface area contributed by atoms with Crippen molar-refractivity contribution in [1.29, 1.82) is 0 Å². The SMILES string of the molecule is O=C(O)Cc1cc(Br)c(Oc2ccc(O)c(Oc3ccc(F)cc3)c2)c(Br)c1. The summed E-state index contributed by atoms with van der Waals surface area (Å²) in [4.78, 5) is 10.9. The monoisotopic (exact) mass is 510 g/mol. The zero-order valence-corrected chi connectivity index (χ0v) is 17.3. The molecule has 3 aromatic carbocycles. The van der Waals surface area contributed by atoms with Crippen LogP contribution in [0.5, 0.6) is 28.7 Å². The highest BCUT2D eigenvalue weighted by molar-refractivity contribution is 9.11. The minimum atomic E-state index is -0.936. The van der Waals surface area contributed by atoms with E-state index in [0.29, 0.717) is 31.8 Å². The Bertz CT molecular complexity index is 999. The minimum Gasteiger partial charge on any atom is -0.504 e. The lowest BCUT2D eigenvalue weighted by Gasteiger charge is -2.13. The number of aromatic hydroxyl groups is 1. The molecule has 0 aromatic heterocycles. The van der Waals surface area contributed by atoms with Crippen LogP contribution in [0.4, 0.5) is 4.39 Å². The zero-order valence-electron chi connectivity index (χ0n) is 14.2. The molecular formula is C20H13Br2FO5. The molecule has 0 atom stereocenters. The molecule has 2 N–H and O–H groups in total. The van der Waals surface area contributed by atoms with Crippen LogP contribution in [0.15, 0.2) is 63.5 Å². The number of phenols is 1. The number of carbonyl (C=O) groups is 1. The number of ether oxygens (including phenoxy) is 2. The Labute approximate surface area is 176 Å². The van der Waals surface area contributed by atoms with Crippen LogP contribution in [-0.4, -0.2) is 16.2 Å². The zero-order chi connectivity index (χ0) is 20.3. The maximum Gasteiger partial charge on any atom is 0.307 e. The van der Waals surface area contributed by atoms with Crippen molar-refractivity contribution >= 4 is 37.8 Å². The van der Waals surface area contributed by atoms with Gasteiger partial charge in [0.1, 0.15) is 17.3 Å². The van der Waals surface area contributed by atoms with Gasteiger partial charge < -0.3 is 19.7 Å². The van der Waals surface area contributed by atoms with E-state index in [9.17, 15) is 14.3 Å². The maximum atomic E-state index is 13.0. The lowest BCUT2D eigenvalue weighted by molar-refractivity contribution is -0.136. The highest BCUT2D eigenvalue weighted by Gasteiger charge is 2.14. The molecule has 0 saturated heterocycles. The molecule has 0 aliphatic heterocycles. The molecule has 28 heavy (non-hydrogen) atoms. The number of phenolic OH excluding ortho intramolecular Hbond substituents is 1. The summed E-state index contributed by atoms with van der Waals surface area (Å²) in [6, 6.07) is 13.1. The molecule has 0 aliphatic carbocycles. The van der Waals surface area contributed by atoms with Crippen molar-refractivity contribution in [2.75, 3.05) is 0 Å². The molecule has 0 fully saturated rings. The Morgan fingerprint density at radius 1 is 0.929 bits per heavy atom. The first-order valence-electron chi connectivity index (χ1n) is 7.96. The van der Waals surface area contributed by atoms with Gasteiger partial charge in [-0.2, -0.15) is 0 Å². The molecule has 0 saturated carbocycles. The summed E-state index contributed by atoms with van der Waals surface area (Å²) >= 11 is 6.75. The Balaban J connectivity index is 1.85. The third-order valence-electron chi connectivity index (χ3n) is 3.61. The molecular weight excluding hydrogens is 499 g/mol. The van der Waals surface area contributed by atoms with Crippen molar-refractivity contribution in [1.82, 2.24) is 0 Å². The van der Waals surface area contributed by atoms with Gasteiger partial charge in [-0.05, 0) is 86.0 Å². The number of hydrogen-bond acceptors (Lipinski definition) is 4. The molecule has 0 amide bonds. The standard InChI is InChI=1S/C20H13Br2FO5/c21-15-7-11(9-19(25)26)8-16(22)20(15)28-14-5-6-17(24)18(10-14)27-13-3-1-12(23)2-4-13/h1-8,10,24H,9H2,(H,25,26). The maximum absolute atomic E-state index is 13.0. The van der Waals surface area contributed by atoms with E-state index in [-0.39, 0.29) is 17.9 Å². The fourth-order valence-corrected chi connectivity index (χ4v) is 3.82. The molecule has 0 bridgehead atoms. The van der Waals surface area contributed by atoms with Gasteiger partial charge >= 0.3 is 5.97 Å². The number of aliphatic carboxylic acids is 1. The Morgan fingerprint density at radius 3 is 2.14 bits per heavy atom. The van der Waals surface area contributed by atoms with E-state index in [1.807, 2.05) is 0 Å². The predicted molar refractivity (Wildman–Crippen MR) is 108 cm³/mol. The van der Waals surface area contributed by atoms with E-state index in [0.717, 1.165) is 0 Å². The molecule has 0 unspecified atom stereocenters. The van der Waals surface area contributed by atoms with Gasteiger partial charge in [0.25, 0.3) is 0 Å². The van der Waals surface area contributed by atoms with Crippen molar-refractivity contribution in [3.8, 4) is 28.7 Å². The average molecular weight is 512 g/mol. The van der Waals surface area contributed by atoms with E-state index in [2.05, 4.69) is 31.9 Å². The molecule has 0 spiro atoms. The number of hydrogen-bond donors (Lipinski definition) is 2. The van der Waals surface area contributed by atoms with Gasteiger partial charge in [-0.25, -0.2) is 4.39 Å². The van der Waals surface area contributed by atoms with Gasteiger partial charge in [-0.1, -0.05) is 0 Å². The highest BCUT2D eigenvalue weighted by atomic mass is 79.9. The number of carboxylic acids is 1. The molecule has 0 heterocycles. The fourth-order valence-electron chi connectivity index (χ4n) is 2.37. The second-order valence-electron chi connectivity index (χ2n) is 5.75. The second kappa shape index (κ2) is 8.62. The van der Waals surface area contributed by atoms with Gasteiger partial charge in [0.2, 0.25) is 0 Å². The average Bonchev–Trinajstić information content (AvgIpc) is 2.62. The summed E-state index contributed by atoms with van der Waals surface area (Å²) in [6.45, 7) is 0. The van der Waals surface area contributed by atoms with Crippen LogP contribution in [0, 0.1) is 5.82 Å². The minimum absolute atomic E-state index is 0.105. The van der Waals surface area contributed by atoms with Crippen LogP contribution in [0.25, 0.3) is 0 Å². The largest absolute Gasteiger partial charge is 0.504 e. The van der Waals surface area contributed by atoms with E-state index in [4.69, 9.17) is 14.6 Å². The third-order valence-corrected chi connectivity index (χ3v) is 4.78. The number of halogens is 3. The van der Waals surface area contributed by atoms with Gasteiger partial charge in [-0.15, -0.1) is 0 Å². The van der Waals surface area contributed by atoms with Crippen LogP contribution in [0.3, 0.4) is 0 Å². The van der Waals surface area contributed by atoms with Crippen LogP contribution in [0.2, 0.25) is 0 Å². The normalized spacial score (nSPS) is 10.5. The first-order valence-corrected chi connectivity index (χ1v) is 9.54. The topological polar surface area (TPSA) is 76.0 Å². The number of carboxylic acid groups (broad SMARTS) is 1. The van der Waals surface area contributed by atoms with E-state index in [1.165, 1.54) is 36.4 Å². The summed E-state index contributed by atoms with van der Waals surface area (Å²) in [5, 5.41) is 18.9. The number of benzene rings is 3. The molecule has 0 aliphatic rings. The molecule has 3 rings (SSSR count). The molecule has 5 nitrogen and oxygen atoms in total. The molecule has 0 radical (unpaired) electrons. The predicted octanol–water partition coefficient (Wildman–Crippen LogP) is 6.27. The van der Waals surface area contributed by atoms with Gasteiger partial charge in [0.05, 0.1) is 15.4 Å². The lowest BCUT2D eigenvalue weighted by atomic mass is 10.1. The quantitative estimate of drug-likeness (QED) is 0.408. The van der Waals surface area contributed by atoms with Crippen LogP contribution in [-0.2, 0) is 11.2 Å². The summed E-state index contributed by atoms with van der Waals surface area (Å²) < 4.78 is 25.6. The van der Waals surface area contributed by atoms with Crippen molar-refractivity contribution in [2.24, 2.45) is 0 Å². The number of rotatable bonds is 6. The van der Waals surface area contributed by atoms with Crippen molar-refractivity contribution in [3.05, 3.63) is 74.9 Å². The molecule has 8 heteroatoms. The summed E-state index contributed by atoms with van der Waals surface area (Å²) in [5.41, 5.74) is 0.602. The first kappa shape index (κ1) is 20.2. The van der Waals surface area contributed by atoms with E-state index >= 15 is 0 Å². The molecule has 3 aromatic rings. The fraction of sp³-hybridized carbons (Fsp3) is 0.0500. The summed E-state index contributed by atoms with van der Waals surface area (Å²) in [5.74, 6) is -0.127. The molecule has 144 valence electrons. The second-order valence-corrected chi connectivity index (χ2v) is 7.46. The summed E-state index contributed by atoms with van der Waals surface area (Å²) in [7, 11) is 0. The lowest BCUT2D eigenvalue weighted by Crippen LogP contribution is -2.00. The highest BCUT2D eigenvalue weighted by Crippen LogP contribution is 2.41. The first-order chi connectivity index (χ1) is 13.3. The van der Waals surface area contributed by atoms with Crippen LogP contribution in [0.1, 0.15) is 5.56 Å². The van der Waals surface area contributed by atoms with Crippen LogP contribution >= 0.6 is 31.9 Å².